The standard InChI is InChI=1S/C23H34F4O2/c1-2-3-4-5-6-7-8-9-10-11-12-13-14-17-29-22(28)20-16-15-19(24)18-21(20)23(25,26)27/h15-16,18H,2-14,17H2,1H3. The lowest BCUT2D eigenvalue weighted by Crippen LogP contribution is -2.16. The van der Waals surface area contributed by atoms with E-state index in [4.69, 9.17) is 4.74 Å². The predicted octanol–water partition coefficient (Wildman–Crippen LogP) is 8.09. The maximum atomic E-state index is 13.1. The first-order chi connectivity index (χ1) is 13.9. The van der Waals surface area contributed by atoms with Crippen LogP contribution in [0.1, 0.15) is 106 Å². The van der Waals surface area contributed by atoms with Gasteiger partial charge in [-0.15, -0.1) is 0 Å². The van der Waals surface area contributed by atoms with Crippen molar-refractivity contribution in [3.05, 3.63) is 35.1 Å². The van der Waals surface area contributed by atoms with Crippen molar-refractivity contribution in [3.63, 3.8) is 0 Å². The molecule has 166 valence electrons. The van der Waals surface area contributed by atoms with Gasteiger partial charge in [0.05, 0.1) is 17.7 Å². The zero-order valence-electron chi connectivity index (χ0n) is 17.5. The number of carbonyl (C=O) groups is 1. The summed E-state index contributed by atoms with van der Waals surface area (Å²) < 4.78 is 56.8. The highest BCUT2D eigenvalue weighted by atomic mass is 19.4. The van der Waals surface area contributed by atoms with E-state index < -0.39 is 29.1 Å². The van der Waals surface area contributed by atoms with Crippen LogP contribution in [0, 0.1) is 5.82 Å². The topological polar surface area (TPSA) is 26.3 Å². The summed E-state index contributed by atoms with van der Waals surface area (Å²) in [6, 6.07) is 1.98. The number of ether oxygens (including phenoxy) is 1. The van der Waals surface area contributed by atoms with Gasteiger partial charge in [0.15, 0.2) is 0 Å². The molecule has 0 atom stereocenters. The molecule has 6 heteroatoms. The summed E-state index contributed by atoms with van der Waals surface area (Å²) in [5.74, 6) is -2.10. The average molecular weight is 419 g/mol. The number of unbranched alkanes of at least 4 members (excludes halogenated alkanes) is 12. The molecule has 0 saturated heterocycles. The second-order valence-electron chi connectivity index (χ2n) is 7.57. The Labute approximate surface area is 172 Å². The van der Waals surface area contributed by atoms with Crippen LogP contribution in [0.3, 0.4) is 0 Å². The van der Waals surface area contributed by atoms with Crippen LogP contribution in [-0.4, -0.2) is 12.6 Å². The molecule has 0 aliphatic heterocycles. The van der Waals surface area contributed by atoms with E-state index in [1.807, 2.05) is 0 Å². The van der Waals surface area contributed by atoms with Crippen molar-refractivity contribution < 1.29 is 27.1 Å². The summed E-state index contributed by atoms with van der Waals surface area (Å²) in [5.41, 5.74) is -1.94. The molecule has 2 nitrogen and oxygen atoms in total. The first-order valence-electron chi connectivity index (χ1n) is 10.9. The van der Waals surface area contributed by atoms with Gasteiger partial charge >= 0.3 is 12.1 Å². The van der Waals surface area contributed by atoms with Gasteiger partial charge in [0.1, 0.15) is 5.82 Å². The Balaban J connectivity index is 2.09. The van der Waals surface area contributed by atoms with Crippen LogP contribution >= 0.6 is 0 Å². The molecule has 1 rings (SSSR count). The zero-order valence-corrected chi connectivity index (χ0v) is 17.5. The van der Waals surface area contributed by atoms with E-state index in [0.29, 0.717) is 12.5 Å². The molecule has 1 aromatic rings. The van der Waals surface area contributed by atoms with Gasteiger partial charge in [-0.1, -0.05) is 84.0 Å². The molecule has 0 heterocycles. The van der Waals surface area contributed by atoms with Crippen molar-refractivity contribution in [2.75, 3.05) is 6.61 Å². The third kappa shape index (κ3) is 11.2. The molecule has 0 aliphatic carbocycles. The van der Waals surface area contributed by atoms with Gasteiger partial charge in [-0.3, -0.25) is 0 Å². The van der Waals surface area contributed by atoms with Crippen LogP contribution in [0.2, 0.25) is 0 Å². The maximum Gasteiger partial charge on any atom is 0.417 e. The molecule has 0 fully saturated rings. The van der Waals surface area contributed by atoms with Gasteiger partial charge in [0, 0.05) is 0 Å². The lowest BCUT2D eigenvalue weighted by atomic mass is 10.0. The third-order valence-corrected chi connectivity index (χ3v) is 4.99. The highest BCUT2D eigenvalue weighted by Gasteiger charge is 2.36. The third-order valence-electron chi connectivity index (χ3n) is 4.99. The Hall–Kier alpha value is -1.59. The fourth-order valence-corrected chi connectivity index (χ4v) is 3.29. The maximum absolute atomic E-state index is 13.1. The first-order valence-corrected chi connectivity index (χ1v) is 10.9. The van der Waals surface area contributed by atoms with E-state index >= 15 is 0 Å². The fourth-order valence-electron chi connectivity index (χ4n) is 3.29. The van der Waals surface area contributed by atoms with E-state index in [0.717, 1.165) is 31.4 Å². The van der Waals surface area contributed by atoms with Crippen LogP contribution in [0.4, 0.5) is 17.6 Å². The quantitative estimate of drug-likeness (QED) is 0.163. The number of halogens is 4. The normalized spacial score (nSPS) is 11.6. The second-order valence-corrected chi connectivity index (χ2v) is 7.57. The van der Waals surface area contributed by atoms with E-state index in [1.165, 1.54) is 57.8 Å². The number of carbonyl (C=O) groups excluding carboxylic acids is 1. The number of benzene rings is 1. The molecule has 0 unspecified atom stereocenters. The van der Waals surface area contributed by atoms with E-state index in [9.17, 15) is 22.4 Å². The van der Waals surface area contributed by atoms with Gasteiger partial charge in [0.2, 0.25) is 0 Å². The van der Waals surface area contributed by atoms with E-state index in [2.05, 4.69) is 6.92 Å². The number of alkyl halides is 3. The Morgan fingerprint density at radius 2 is 1.31 bits per heavy atom. The van der Waals surface area contributed by atoms with Crippen molar-refractivity contribution in [3.8, 4) is 0 Å². The monoisotopic (exact) mass is 418 g/mol. The van der Waals surface area contributed by atoms with Gasteiger partial charge in [0.25, 0.3) is 0 Å². The molecular weight excluding hydrogens is 384 g/mol. The van der Waals surface area contributed by atoms with Crippen LogP contribution in [0.15, 0.2) is 18.2 Å². The van der Waals surface area contributed by atoms with Gasteiger partial charge in [-0.25, -0.2) is 9.18 Å². The average Bonchev–Trinajstić information content (AvgIpc) is 2.67. The van der Waals surface area contributed by atoms with Crippen molar-refractivity contribution in [2.24, 2.45) is 0 Å². The molecule has 0 radical (unpaired) electrons. The summed E-state index contributed by atoms with van der Waals surface area (Å²) in [5, 5.41) is 0. The number of rotatable bonds is 15. The Morgan fingerprint density at radius 3 is 1.79 bits per heavy atom. The first kappa shape index (κ1) is 25.4. The molecule has 1 aromatic carbocycles. The predicted molar refractivity (Wildman–Crippen MR) is 107 cm³/mol. The molecule has 0 N–H and O–H groups in total. The molecule has 0 saturated carbocycles. The molecule has 0 spiro atoms. The van der Waals surface area contributed by atoms with Crippen LogP contribution < -0.4 is 0 Å². The zero-order chi connectivity index (χ0) is 21.5. The summed E-state index contributed by atoms with van der Waals surface area (Å²) in [7, 11) is 0. The molecular formula is C23H34F4O2. The highest BCUT2D eigenvalue weighted by molar-refractivity contribution is 5.91. The van der Waals surface area contributed by atoms with Crippen LogP contribution in [-0.2, 0) is 10.9 Å². The smallest absolute Gasteiger partial charge is 0.417 e. The number of hydrogen-bond donors (Lipinski definition) is 0. The molecule has 0 amide bonds. The summed E-state index contributed by atoms with van der Waals surface area (Å²) in [6.45, 7) is 2.30. The van der Waals surface area contributed by atoms with Crippen LogP contribution in [0.25, 0.3) is 0 Å². The van der Waals surface area contributed by atoms with Gasteiger partial charge < -0.3 is 4.74 Å². The summed E-state index contributed by atoms with van der Waals surface area (Å²) in [4.78, 5) is 11.9. The van der Waals surface area contributed by atoms with Crippen molar-refractivity contribution in [1.82, 2.24) is 0 Å². The second kappa shape index (κ2) is 14.4. The summed E-state index contributed by atoms with van der Waals surface area (Å²) >= 11 is 0. The Morgan fingerprint density at radius 1 is 0.828 bits per heavy atom. The van der Waals surface area contributed by atoms with E-state index in [-0.39, 0.29) is 6.61 Å². The van der Waals surface area contributed by atoms with Crippen LogP contribution in [0.5, 0.6) is 0 Å². The SMILES string of the molecule is CCCCCCCCCCCCCCCOC(=O)c1ccc(F)cc1C(F)(F)F. The Kier molecular flexibility index (Phi) is 12.6. The molecule has 29 heavy (non-hydrogen) atoms. The van der Waals surface area contributed by atoms with Crippen molar-refractivity contribution in [2.45, 2.75) is 96.6 Å². The van der Waals surface area contributed by atoms with Gasteiger partial charge in [-0.2, -0.15) is 13.2 Å². The lowest BCUT2D eigenvalue weighted by Gasteiger charge is -2.12. The van der Waals surface area contributed by atoms with Crippen molar-refractivity contribution in [1.29, 1.82) is 0 Å². The number of esters is 1. The Bertz CT molecular complexity index is 585. The fraction of sp³-hybridized carbons (Fsp3) is 0.696. The highest BCUT2D eigenvalue weighted by Crippen LogP contribution is 2.32. The number of hydrogen-bond acceptors (Lipinski definition) is 2. The minimum atomic E-state index is -4.80. The largest absolute Gasteiger partial charge is 0.462 e. The van der Waals surface area contributed by atoms with E-state index in [1.54, 1.807) is 0 Å². The van der Waals surface area contributed by atoms with Crippen molar-refractivity contribution >= 4 is 5.97 Å². The molecule has 0 aliphatic rings. The minimum absolute atomic E-state index is 0.0747. The molecule has 0 aromatic heterocycles. The van der Waals surface area contributed by atoms with Gasteiger partial charge in [-0.05, 0) is 24.6 Å². The minimum Gasteiger partial charge on any atom is -0.462 e. The molecule has 0 bridgehead atoms. The lowest BCUT2D eigenvalue weighted by molar-refractivity contribution is -0.138. The summed E-state index contributed by atoms with van der Waals surface area (Å²) in [6.07, 6.45) is 10.5.